The summed E-state index contributed by atoms with van der Waals surface area (Å²) in [4.78, 5) is 12.1. The molecule has 4 nitrogen and oxygen atoms in total. The van der Waals surface area contributed by atoms with Crippen molar-refractivity contribution < 1.29 is 9.53 Å². The zero-order valence-electron chi connectivity index (χ0n) is 12.3. The van der Waals surface area contributed by atoms with Crippen LogP contribution in [0.4, 0.5) is 5.69 Å². The van der Waals surface area contributed by atoms with Crippen LogP contribution in [-0.4, -0.2) is 13.0 Å². The highest BCUT2D eigenvalue weighted by atomic mass is 16.5. The Bertz CT molecular complexity index is 613. The molecule has 0 fully saturated rings. The molecular formula is C17H20N2O2. The first-order valence-electron chi connectivity index (χ1n) is 6.90. The summed E-state index contributed by atoms with van der Waals surface area (Å²) in [7, 11) is 1.61. The molecule has 0 heterocycles. The maximum Gasteiger partial charge on any atom is 0.247 e. The molecule has 21 heavy (non-hydrogen) atoms. The number of nitrogens with two attached hydrogens (primary N) is 1. The van der Waals surface area contributed by atoms with Gasteiger partial charge in [0.1, 0.15) is 11.3 Å². The van der Waals surface area contributed by atoms with Gasteiger partial charge in [-0.05, 0) is 24.1 Å². The number of primary amides is 1. The number of hydrogen-bond acceptors (Lipinski definition) is 3. The van der Waals surface area contributed by atoms with Crippen molar-refractivity contribution in [3.8, 4) is 5.75 Å². The Morgan fingerprint density at radius 3 is 2.48 bits per heavy atom. The zero-order chi connectivity index (χ0) is 15.3. The molecule has 0 saturated heterocycles. The molecule has 0 aliphatic carbocycles. The van der Waals surface area contributed by atoms with Crippen LogP contribution in [0.15, 0.2) is 54.6 Å². The van der Waals surface area contributed by atoms with Gasteiger partial charge >= 0.3 is 0 Å². The van der Waals surface area contributed by atoms with Gasteiger partial charge in [0.05, 0.1) is 7.11 Å². The average molecular weight is 284 g/mol. The number of methoxy groups -OCH3 is 1. The predicted octanol–water partition coefficient (Wildman–Crippen LogP) is 2.90. The predicted molar refractivity (Wildman–Crippen MR) is 84.2 cm³/mol. The van der Waals surface area contributed by atoms with Crippen molar-refractivity contribution in [3.05, 3.63) is 60.2 Å². The Kier molecular flexibility index (Phi) is 4.48. The lowest BCUT2D eigenvalue weighted by atomic mass is 9.86. The Hall–Kier alpha value is -2.49. The van der Waals surface area contributed by atoms with Crippen LogP contribution in [0.3, 0.4) is 0 Å². The molecule has 2 aromatic carbocycles. The fourth-order valence-corrected chi connectivity index (χ4v) is 2.41. The topological polar surface area (TPSA) is 64.3 Å². The van der Waals surface area contributed by atoms with Crippen molar-refractivity contribution in [1.82, 2.24) is 0 Å². The number of ether oxygens (including phenoxy) is 1. The van der Waals surface area contributed by atoms with Crippen molar-refractivity contribution >= 4 is 11.6 Å². The lowest BCUT2D eigenvalue weighted by Gasteiger charge is -2.32. The van der Waals surface area contributed by atoms with E-state index in [9.17, 15) is 4.79 Å². The molecule has 4 heteroatoms. The summed E-state index contributed by atoms with van der Waals surface area (Å²) in [5.41, 5.74) is 6.40. The standard InChI is InChI=1S/C17H20N2O2/c1-3-17(16(18)20,13-8-5-4-6-9-13)19-14-10-7-11-15(12-14)21-2/h4-12,19H,3H2,1-2H3,(H2,18,20). The van der Waals surface area contributed by atoms with Gasteiger partial charge in [0, 0.05) is 11.8 Å². The molecule has 0 saturated carbocycles. The van der Waals surface area contributed by atoms with Crippen molar-refractivity contribution in [2.24, 2.45) is 5.73 Å². The van der Waals surface area contributed by atoms with Crippen LogP contribution in [-0.2, 0) is 10.3 Å². The van der Waals surface area contributed by atoms with Crippen molar-refractivity contribution in [1.29, 1.82) is 0 Å². The maximum absolute atomic E-state index is 12.1. The van der Waals surface area contributed by atoms with Gasteiger partial charge in [0.2, 0.25) is 5.91 Å². The molecule has 2 rings (SSSR count). The summed E-state index contributed by atoms with van der Waals surface area (Å²) < 4.78 is 5.21. The minimum atomic E-state index is -0.937. The molecule has 0 spiro atoms. The highest BCUT2D eigenvalue weighted by Crippen LogP contribution is 2.30. The molecule has 0 radical (unpaired) electrons. The van der Waals surface area contributed by atoms with E-state index in [4.69, 9.17) is 10.5 Å². The molecule has 0 aliphatic rings. The van der Waals surface area contributed by atoms with Crippen molar-refractivity contribution in [2.45, 2.75) is 18.9 Å². The molecule has 2 aromatic rings. The summed E-state index contributed by atoms with van der Waals surface area (Å²) in [5, 5.41) is 3.28. The number of rotatable bonds is 6. The fourth-order valence-electron chi connectivity index (χ4n) is 2.41. The highest BCUT2D eigenvalue weighted by Gasteiger charge is 2.36. The van der Waals surface area contributed by atoms with Crippen molar-refractivity contribution in [3.63, 3.8) is 0 Å². The quantitative estimate of drug-likeness (QED) is 0.857. The van der Waals surface area contributed by atoms with Crippen LogP contribution < -0.4 is 15.8 Å². The van der Waals surface area contributed by atoms with E-state index in [1.807, 2.05) is 61.5 Å². The van der Waals surface area contributed by atoms with Crippen molar-refractivity contribution in [2.75, 3.05) is 12.4 Å². The number of nitrogens with one attached hydrogen (secondary N) is 1. The Balaban J connectivity index is 2.43. The summed E-state index contributed by atoms with van der Waals surface area (Å²) in [6.45, 7) is 1.94. The van der Waals surface area contributed by atoms with Gasteiger partial charge in [0.25, 0.3) is 0 Å². The molecule has 1 amide bonds. The second-order valence-corrected chi connectivity index (χ2v) is 4.85. The van der Waals surface area contributed by atoms with E-state index in [2.05, 4.69) is 5.32 Å². The minimum absolute atomic E-state index is 0.404. The van der Waals surface area contributed by atoms with Gasteiger partial charge in [-0.3, -0.25) is 4.79 Å². The van der Waals surface area contributed by atoms with E-state index in [1.54, 1.807) is 7.11 Å². The summed E-state index contributed by atoms with van der Waals surface area (Å²) in [6, 6.07) is 17.0. The molecule has 3 N–H and O–H groups in total. The lowest BCUT2D eigenvalue weighted by molar-refractivity contribution is -0.122. The van der Waals surface area contributed by atoms with E-state index < -0.39 is 11.4 Å². The van der Waals surface area contributed by atoms with E-state index in [1.165, 1.54) is 0 Å². The van der Waals surface area contributed by atoms with Crippen LogP contribution in [0.25, 0.3) is 0 Å². The number of carbonyl (C=O) groups is 1. The largest absolute Gasteiger partial charge is 0.497 e. The Labute approximate surface area is 124 Å². The third kappa shape index (κ3) is 2.99. The van der Waals surface area contributed by atoms with Crippen LogP contribution in [0.5, 0.6) is 5.75 Å². The third-order valence-corrected chi connectivity index (χ3v) is 3.65. The first-order valence-corrected chi connectivity index (χ1v) is 6.90. The third-order valence-electron chi connectivity index (χ3n) is 3.65. The second kappa shape index (κ2) is 6.31. The number of anilines is 1. The SMILES string of the molecule is CCC(Nc1cccc(OC)c1)(C(N)=O)c1ccccc1. The lowest BCUT2D eigenvalue weighted by Crippen LogP contribution is -2.47. The van der Waals surface area contributed by atoms with Gasteiger partial charge in [-0.15, -0.1) is 0 Å². The van der Waals surface area contributed by atoms with E-state index >= 15 is 0 Å². The molecule has 0 bridgehead atoms. The Morgan fingerprint density at radius 2 is 1.90 bits per heavy atom. The molecule has 0 aliphatic heterocycles. The first kappa shape index (κ1) is 14.9. The van der Waals surface area contributed by atoms with Gasteiger partial charge in [-0.25, -0.2) is 0 Å². The van der Waals surface area contributed by atoms with Crippen LogP contribution in [0, 0.1) is 0 Å². The summed E-state index contributed by atoms with van der Waals surface area (Å²) in [5.74, 6) is 0.321. The van der Waals surface area contributed by atoms with E-state index in [0.717, 1.165) is 17.0 Å². The zero-order valence-corrected chi connectivity index (χ0v) is 12.3. The van der Waals surface area contributed by atoms with E-state index in [-0.39, 0.29) is 0 Å². The molecule has 0 aromatic heterocycles. The monoisotopic (exact) mass is 284 g/mol. The van der Waals surface area contributed by atoms with Crippen LogP contribution >= 0.6 is 0 Å². The van der Waals surface area contributed by atoms with Crippen LogP contribution in [0.1, 0.15) is 18.9 Å². The van der Waals surface area contributed by atoms with Crippen LogP contribution in [0.2, 0.25) is 0 Å². The Morgan fingerprint density at radius 1 is 1.19 bits per heavy atom. The van der Waals surface area contributed by atoms with Gasteiger partial charge < -0.3 is 15.8 Å². The second-order valence-electron chi connectivity index (χ2n) is 4.85. The summed E-state index contributed by atoms with van der Waals surface area (Å²) in [6.07, 6.45) is 0.545. The minimum Gasteiger partial charge on any atom is -0.497 e. The number of hydrogen-bond donors (Lipinski definition) is 2. The molecule has 1 atom stereocenters. The number of benzene rings is 2. The number of carbonyl (C=O) groups excluding carboxylic acids is 1. The maximum atomic E-state index is 12.1. The first-order chi connectivity index (χ1) is 10.1. The summed E-state index contributed by atoms with van der Waals surface area (Å²) >= 11 is 0. The fraction of sp³-hybridized carbons (Fsp3) is 0.235. The number of amides is 1. The molecular weight excluding hydrogens is 264 g/mol. The van der Waals surface area contributed by atoms with Gasteiger partial charge in [0.15, 0.2) is 0 Å². The smallest absolute Gasteiger partial charge is 0.247 e. The molecule has 110 valence electrons. The normalized spacial score (nSPS) is 13.2. The molecule has 1 unspecified atom stereocenters. The highest BCUT2D eigenvalue weighted by molar-refractivity contribution is 5.89. The van der Waals surface area contributed by atoms with Gasteiger partial charge in [-0.1, -0.05) is 43.3 Å². The van der Waals surface area contributed by atoms with Gasteiger partial charge in [-0.2, -0.15) is 0 Å². The average Bonchev–Trinajstić information content (AvgIpc) is 2.53. The van der Waals surface area contributed by atoms with E-state index in [0.29, 0.717) is 6.42 Å².